The lowest BCUT2D eigenvalue weighted by molar-refractivity contribution is -0.118. The molecular formula is C23H21BrN2O4. The Morgan fingerprint density at radius 3 is 2.07 bits per heavy atom. The number of hydrogen-bond acceptors (Lipinski definition) is 4. The number of halogens is 1. The molecule has 0 unspecified atom stereocenters. The summed E-state index contributed by atoms with van der Waals surface area (Å²) < 4.78 is 11.8. The fourth-order valence-corrected chi connectivity index (χ4v) is 3.21. The lowest BCUT2D eigenvalue weighted by Crippen LogP contribution is -2.21. The number of ether oxygens (including phenoxy) is 2. The predicted molar refractivity (Wildman–Crippen MR) is 120 cm³/mol. The minimum atomic E-state index is -0.307. The van der Waals surface area contributed by atoms with Gasteiger partial charge in [-0.05, 0) is 70.9 Å². The van der Waals surface area contributed by atoms with E-state index in [-0.39, 0.29) is 25.0 Å². The van der Waals surface area contributed by atoms with Gasteiger partial charge in [0, 0.05) is 11.4 Å². The van der Waals surface area contributed by atoms with E-state index in [0.29, 0.717) is 22.9 Å². The van der Waals surface area contributed by atoms with Crippen LogP contribution in [0.1, 0.15) is 5.56 Å². The molecule has 0 aliphatic heterocycles. The van der Waals surface area contributed by atoms with Gasteiger partial charge in [-0.2, -0.15) is 0 Å². The molecule has 6 nitrogen and oxygen atoms in total. The summed E-state index contributed by atoms with van der Waals surface area (Å²) in [6, 6.07) is 21.6. The van der Waals surface area contributed by atoms with Crippen LogP contribution in [0.2, 0.25) is 0 Å². The first kappa shape index (κ1) is 21.4. The van der Waals surface area contributed by atoms with Gasteiger partial charge in [0.2, 0.25) is 0 Å². The Morgan fingerprint density at radius 1 is 0.800 bits per heavy atom. The molecule has 3 aromatic carbocycles. The minimum absolute atomic E-state index is 0.111. The normalized spacial score (nSPS) is 10.2. The molecule has 154 valence electrons. The fraction of sp³-hybridized carbons (Fsp3) is 0.130. The zero-order valence-corrected chi connectivity index (χ0v) is 17.9. The van der Waals surface area contributed by atoms with E-state index in [0.717, 1.165) is 10.0 Å². The Bertz CT molecular complexity index is 1020. The third-order valence-electron chi connectivity index (χ3n) is 3.99. The van der Waals surface area contributed by atoms with Crippen molar-refractivity contribution in [2.24, 2.45) is 0 Å². The van der Waals surface area contributed by atoms with Gasteiger partial charge in [0.15, 0.2) is 13.2 Å². The van der Waals surface area contributed by atoms with Gasteiger partial charge >= 0.3 is 0 Å². The summed E-state index contributed by atoms with van der Waals surface area (Å²) in [6.07, 6.45) is 0. The summed E-state index contributed by atoms with van der Waals surface area (Å²) in [7, 11) is 0. The van der Waals surface area contributed by atoms with Gasteiger partial charge in [0.25, 0.3) is 11.8 Å². The largest absolute Gasteiger partial charge is 0.484 e. The second-order valence-electron chi connectivity index (χ2n) is 6.50. The minimum Gasteiger partial charge on any atom is -0.484 e. The van der Waals surface area contributed by atoms with Crippen LogP contribution < -0.4 is 20.1 Å². The summed E-state index contributed by atoms with van der Waals surface area (Å²) in [5.74, 6) is 0.609. The quantitative estimate of drug-likeness (QED) is 0.498. The monoisotopic (exact) mass is 468 g/mol. The molecule has 0 saturated carbocycles. The van der Waals surface area contributed by atoms with Gasteiger partial charge in [0.1, 0.15) is 11.5 Å². The van der Waals surface area contributed by atoms with Gasteiger partial charge in [-0.25, -0.2) is 0 Å². The van der Waals surface area contributed by atoms with Gasteiger partial charge in [-0.15, -0.1) is 0 Å². The van der Waals surface area contributed by atoms with E-state index in [1.165, 1.54) is 0 Å². The van der Waals surface area contributed by atoms with Gasteiger partial charge in [-0.3, -0.25) is 9.59 Å². The van der Waals surface area contributed by atoms with Crippen molar-refractivity contribution in [1.82, 2.24) is 0 Å². The molecule has 0 aromatic heterocycles. The number of benzene rings is 3. The van der Waals surface area contributed by atoms with Crippen molar-refractivity contribution in [3.63, 3.8) is 0 Å². The Kier molecular flexibility index (Phi) is 7.45. The first-order chi connectivity index (χ1) is 14.5. The molecule has 0 atom stereocenters. The van der Waals surface area contributed by atoms with Gasteiger partial charge in [-0.1, -0.05) is 30.3 Å². The molecule has 0 aliphatic rings. The Morgan fingerprint density at radius 2 is 1.43 bits per heavy atom. The molecule has 0 heterocycles. The van der Waals surface area contributed by atoms with Crippen LogP contribution in [0.25, 0.3) is 0 Å². The Hall–Kier alpha value is -3.32. The third kappa shape index (κ3) is 6.63. The van der Waals surface area contributed by atoms with Crippen molar-refractivity contribution in [2.45, 2.75) is 6.92 Å². The van der Waals surface area contributed by atoms with Crippen LogP contribution >= 0.6 is 15.9 Å². The summed E-state index contributed by atoms with van der Waals surface area (Å²) in [5, 5.41) is 5.50. The standard InChI is InChI=1S/C23H21BrN2O4/c1-16-10-11-21(20(24)12-16)30-15-23(28)26-18-7-5-6-17(13-18)25-22(27)14-29-19-8-3-2-4-9-19/h2-13H,14-15H2,1H3,(H,25,27)(H,26,28). The second-order valence-corrected chi connectivity index (χ2v) is 7.36. The highest BCUT2D eigenvalue weighted by Crippen LogP contribution is 2.25. The van der Waals surface area contributed by atoms with Crippen molar-refractivity contribution < 1.29 is 19.1 Å². The first-order valence-electron chi connectivity index (χ1n) is 9.26. The number of hydrogen-bond donors (Lipinski definition) is 2. The molecule has 3 rings (SSSR count). The number of amides is 2. The number of carbonyl (C=O) groups excluding carboxylic acids is 2. The highest BCUT2D eigenvalue weighted by Gasteiger charge is 2.08. The van der Waals surface area contributed by atoms with Crippen LogP contribution in [0.15, 0.2) is 77.3 Å². The SMILES string of the molecule is Cc1ccc(OCC(=O)Nc2cccc(NC(=O)COc3ccccc3)c2)c(Br)c1. The van der Waals surface area contributed by atoms with Crippen LogP contribution in [0, 0.1) is 6.92 Å². The molecule has 30 heavy (non-hydrogen) atoms. The maximum Gasteiger partial charge on any atom is 0.262 e. The molecule has 0 radical (unpaired) electrons. The lowest BCUT2D eigenvalue weighted by Gasteiger charge is -2.11. The van der Waals surface area contributed by atoms with Crippen molar-refractivity contribution in [1.29, 1.82) is 0 Å². The van der Waals surface area contributed by atoms with E-state index in [1.54, 1.807) is 42.5 Å². The molecule has 7 heteroatoms. The van der Waals surface area contributed by atoms with E-state index in [4.69, 9.17) is 9.47 Å². The second kappa shape index (κ2) is 10.5. The highest BCUT2D eigenvalue weighted by atomic mass is 79.9. The van der Waals surface area contributed by atoms with Gasteiger partial charge in [0.05, 0.1) is 4.47 Å². The molecule has 0 saturated heterocycles. The average molecular weight is 469 g/mol. The van der Waals surface area contributed by atoms with Crippen LogP contribution in [0.5, 0.6) is 11.5 Å². The number of carbonyl (C=O) groups is 2. The maximum atomic E-state index is 12.2. The number of nitrogens with one attached hydrogen (secondary N) is 2. The zero-order valence-electron chi connectivity index (χ0n) is 16.4. The summed E-state index contributed by atoms with van der Waals surface area (Å²) in [5.41, 5.74) is 2.19. The summed E-state index contributed by atoms with van der Waals surface area (Å²) in [4.78, 5) is 24.3. The molecule has 2 N–H and O–H groups in total. The zero-order chi connectivity index (χ0) is 21.3. The fourth-order valence-electron chi connectivity index (χ4n) is 2.60. The molecular weight excluding hydrogens is 448 g/mol. The van der Waals surface area contributed by atoms with Crippen molar-refractivity contribution >= 4 is 39.1 Å². The molecule has 0 bridgehead atoms. The van der Waals surface area contributed by atoms with Crippen molar-refractivity contribution in [2.75, 3.05) is 23.8 Å². The van der Waals surface area contributed by atoms with Crippen molar-refractivity contribution in [3.8, 4) is 11.5 Å². The Labute approximate surface area is 183 Å². The van der Waals surface area contributed by atoms with Gasteiger partial charge < -0.3 is 20.1 Å². The van der Waals surface area contributed by atoms with E-state index in [1.807, 2.05) is 37.3 Å². The molecule has 0 fully saturated rings. The molecule has 2 amide bonds. The van der Waals surface area contributed by atoms with E-state index < -0.39 is 0 Å². The molecule has 0 spiro atoms. The number of rotatable bonds is 8. The van der Waals surface area contributed by atoms with E-state index in [2.05, 4.69) is 26.6 Å². The number of anilines is 2. The summed E-state index contributed by atoms with van der Waals surface area (Å²) >= 11 is 3.42. The Balaban J connectivity index is 1.49. The molecule has 0 aliphatic carbocycles. The van der Waals surface area contributed by atoms with Crippen molar-refractivity contribution in [3.05, 3.63) is 82.8 Å². The number of aryl methyl sites for hydroxylation is 1. The van der Waals surface area contributed by atoms with E-state index in [9.17, 15) is 9.59 Å². The topological polar surface area (TPSA) is 76.7 Å². The van der Waals surface area contributed by atoms with Crippen LogP contribution in [0.3, 0.4) is 0 Å². The van der Waals surface area contributed by atoms with Crippen LogP contribution in [-0.2, 0) is 9.59 Å². The highest BCUT2D eigenvalue weighted by molar-refractivity contribution is 9.10. The summed E-state index contributed by atoms with van der Waals surface area (Å²) in [6.45, 7) is 1.73. The lowest BCUT2D eigenvalue weighted by atomic mass is 10.2. The average Bonchev–Trinajstić information content (AvgIpc) is 2.73. The smallest absolute Gasteiger partial charge is 0.262 e. The maximum absolute atomic E-state index is 12.2. The molecule has 3 aromatic rings. The predicted octanol–water partition coefficient (Wildman–Crippen LogP) is 4.79. The third-order valence-corrected chi connectivity index (χ3v) is 4.61. The first-order valence-corrected chi connectivity index (χ1v) is 10.1. The number of para-hydroxylation sites is 1. The van der Waals surface area contributed by atoms with E-state index >= 15 is 0 Å². The van der Waals surface area contributed by atoms with Crippen LogP contribution in [0.4, 0.5) is 11.4 Å². The van der Waals surface area contributed by atoms with Crippen LogP contribution in [-0.4, -0.2) is 25.0 Å².